The number of nitrogen functional groups attached to an aromatic ring is 1. The first kappa shape index (κ1) is 16.5. The molecule has 23 heavy (non-hydrogen) atoms. The Morgan fingerprint density at radius 1 is 1.22 bits per heavy atom. The van der Waals surface area contributed by atoms with E-state index in [1.54, 1.807) is 0 Å². The number of amides is 1. The molecule has 2 rings (SSSR count). The van der Waals surface area contributed by atoms with Crippen LogP contribution in [0.4, 0.5) is 11.4 Å². The normalized spacial score (nSPS) is 11.8. The summed E-state index contributed by atoms with van der Waals surface area (Å²) >= 11 is 0. The summed E-state index contributed by atoms with van der Waals surface area (Å²) in [7, 11) is 0. The Morgan fingerprint density at radius 3 is 2.57 bits per heavy atom. The Labute approximate surface area is 134 Å². The van der Waals surface area contributed by atoms with Crippen molar-refractivity contribution >= 4 is 17.3 Å². The molecule has 0 bridgehead atoms. The fraction of sp³-hybridized carbons (Fsp3) is 0.235. The average molecular weight is 313 g/mol. The van der Waals surface area contributed by atoms with E-state index >= 15 is 0 Å². The SMILES string of the molecule is Cc1ccc(C)c(C(C)NC(=O)c2ccc(N)c([N+](=O)[O-])c2)c1. The summed E-state index contributed by atoms with van der Waals surface area (Å²) in [5.74, 6) is -0.374. The van der Waals surface area contributed by atoms with E-state index in [1.165, 1.54) is 18.2 Å². The van der Waals surface area contributed by atoms with Gasteiger partial charge in [0.05, 0.1) is 11.0 Å². The van der Waals surface area contributed by atoms with Gasteiger partial charge in [-0.25, -0.2) is 0 Å². The van der Waals surface area contributed by atoms with Crippen LogP contribution in [0.15, 0.2) is 36.4 Å². The van der Waals surface area contributed by atoms with Gasteiger partial charge in [-0.3, -0.25) is 14.9 Å². The molecule has 1 amide bonds. The summed E-state index contributed by atoms with van der Waals surface area (Å²) in [5.41, 5.74) is 8.73. The highest BCUT2D eigenvalue weighted by Crippen LogP contribution is 2.23. The molecule has 0 saturated carbocycles. The lowest BCUT2D eigenvalue weighted by Gasteiger charge is -2.17. The van der Waals surface area contributed by atoms with Crippen LogP contribution in [0.1, 0.15) is 40.0 Å². The summed E-state index contributed by atoms with van der Waals surface area (Å²) in [6, 6.07) is 9.87. The molecule has 120 valence electrons. The minimum Gasteiger partial charge on any atom is -0.393 e. The molecule has 2 aromatic rings. The molecule has 1 atom stereocenters. The monoisotopic (exact) mass is 313 g/mol. The van der Waals surface area contributed by atoms with Gasteiger partial charge in [0.2, 0.25) is 0 Å². The van der Waals surface area contributed by atoms with Gasteiger partial charge in [-0.2, -0.15) is 0 Å². The summed E-state index contributed by atoms with van der Waals surface area (Å²) in [5, 5.41) is 13.8. The first-order chi connectivity index (χ1) is 10.8. The molecule has 0 radical (unpaired) electrons. The molecule has 0 aliphatic rings. The maximum absolute atomic E-state index is 12.3. The Kier molecular flexibility index (Phi) is 4.64. The molecular formula is C17H19N3O3. The van der Waals surface area contributed by atoms with Gasteiger partial charge in [0, 0.05) is 11.6 Å². The highest BCUT2D eigenvalue weighted by atomic mass is 16.6. The number of rotatable bonds is 4. The second kappa shape index (κ2) is 6.48. The van der Waals surface area contributed by atoms with Crippen molar-refractivity contribution in [2.24, 2.45) is 0 Å². The minimum absolute atomic E-state index is 0.0362. The van der Waals surface area contributed by atoms with E-state index in [4.69, 9.17) is 5.73 Å². The Balaban J connectivity index is 2.23. The highest BCUT2D eigenvalue weighted by Gasteiger charge is 2.18. The number of nitro benzene ring substituents is 1. The number of nitro groups is 1. The number of nitrogens with zero attached hydrogens (tertiary/aromatic N) is 1. The number of carbonyl (C=O) groups excluding carboxylic acids is 1. The molecule has 6 nitrogen and oxygen atoms in total. The van der Waals surface area contributed by atoms with Crippen LogP contribution < -0.4 is 11.1 Å². The Bertz CT molecular complexity index is 772. The Morgan fingerprint density at radius 2 is 1.91 bits per heavy atom. The van der Waals surface area contributed by atoms with Crippen molar-refractivity contribution in [1.29, 1.82) is 0 Å². The van der Waals surface area contributed by atoms with Crippen LogP contribution in [0.5, 0.6) is 0 Å². The van der Waals surface area contributed by atoms with Crippen molar-refractivity contribution in [3.8, 4) is 0 Å². The fourth-order valence-electron chi connectivity index (χ4n) is 2.43. The van der Waals surface area contributed by atoms with Gasteiger partial charge < -0.3 is 11.1 Å². The third-order valence-electron chi connectivity index (χ3n) is 3.74. The number of carbonyl (C=O) groups is 1. The number of anilines is 1. The number of hydrogen-bond donors (Lipinski definition) is 2. The molecule has 1 unspecified atom stereocenters. The number of aryl methyl sites for hydroxylation is 2. The standard InChI is InChI=1S/C17H19N3O3/c1-10-4-5-11(2)14(8-10)12(3)19-17(21)13-6-7-15(18)16(9-13)20(22)23/h4-9,12H,18H2,1-3H3,(H,19,21). The van der Waals surface area contributed by atoms with E-state index in [1.807, 2.05) is 39.0 Å². The summed E-state index contributed by atoms with van der Waals surface area (Å²) in [6.07, 6.45) is 0. The molecule has 0 aliphatic carbocycles. The molecule has 6 heteroatoms. The van der Waals surface area contributed by atoms with E-state index in [2.05, 4.69) is 5.32 Å². The van der Waals surface area contributed by atoms with Gasteiger partial charge >= 0.3 is 0 Å². The lowest BCUT2D eigenvalue weighted by molar-refractivity contribution is -0.383. The molecular weight excluding hydrogens is 294 g/mol. The zero-order chi connectivity index (χ0) is 17.1. The van der Waals surface area contributed by atoms with E-state index in [0.717, 1.165) is 16.7 Å². The van der Waals surface area contributed by atoms with Crippen molar-refractivity contribution in [3.05, 3.63) is 68.8 Å². The van der Waals surface area contributed by atoms with Crippen molar-refractivity contribution in [2.45, 2.75) is 26.8 Å². The second-order valence-electron chi connectivity index (χ2n) is 5.59. The first-order valence-electron chi connectivity index (χ1n) is 7.21. The van der Waals surface area contributed by atoms with Crippen LogP contribution in [0, 0.1) is 24.0 Å². The van der Waals surface area contributed by atoms with Crippen LogP contribution in [-0.2, 0) is 0 Å². The summed E-state index contributed by atoms with van der Waals surface area (Å²) in [4.78, 5) is 22.7. The number of hydrogen-bond acceptors (Lipinski definition) is 4. The largest absolute Gasteiger partial charge is 0.393 e. The molecule has 3 N–H and O–H groups in total. The lowest BCUT2D eigenvalue weighted by Crippen LogP contribution is -2.27. The van der Waals surface area contributed by atoms with Crippen LogP contribution in [0.3, 0.4) is 0 Å². The third kappa shape index (κ3) is 3.66. The summed E-state index contributed by atoms with van der Waals surface area (Å²) in [6.45, 7) is 5.84. The minimum atomic E-state index is -0.597. The molecule has 0 aromatic heterocycles. The van der Waals surface area contributed by atoms with E-state index in [0.29, 0.717) is 0 Å². The van der Waals surface area contributed by atoms with Crippen molar-refractivity contribution in [1.82, 2.24) is 5.32 Å². The molecule has 0 heterocycles. The average Bonchev–Trinajstić information content (AvgIpc) is 2.49. The fourth-order valence-corrected chi connectivity index (χ4v) is 2.43. The second-order valence-corrected chi connectivity index (χ2v) is 5.59. The summed E-state index contributed by atoms with van der Waals surface area (Å²) < 4.78 is 0. The molecule has 2 aromatic carbocycles. The van der Waals surface area contributed by atoms with Crippen molar-refractivity contribution < 1.29 is 9.72 Å². The topological polar surface area (TPSA) is 98.3 Å². The highest BCUT2D eigenvalue weighted by molar-refractivity contribution is 5.95. The van der Waals surface area contributed by atoms with Crippen LogP contribution >= 0.6 is 0 Å². The van der Waals surface area contributed by atoms with Gasteiger partial charge in [0.15, 0.2) is 0 Å². The predicted molar refractivity (Wildman–Crippen MR) is 89.3 cm³/mol. The maximum atomic E-state index is 12.3. The van der Waals surface area contributed by atoms with Crippen LogP contribution in [0.25, 0.3) is 0 Å². The molecule has 0 fully saturated rings. The number of nitrogens with two attached hydrogens (primary N) is 1. The smallest absolute Gasteiger partial charge is 0.292 e. The van der Waals surface area contributed by atoms with Crippen LogP contribution in [-0.4, -0.2) is 10.8 Å². The molecule has 0 aliphatic heterocycles. The third-order valence-corrected chi connectivity index (χ3v) is 3.74. The van der Waals surface area contributed by atoms with E-state index < -0.39 is 4.92 Å². The quantitative estimate of drug-likeness (QED) is 0.514. The van der Waals surface area contributed by atoms with E-state index in [9.17, 15) is 14.9 Å². The van der Waals surface area contributed by atoms with Gasteiger partial charge in [-0.05, 0) is 44.0 Å². The van der Waals surface area contributed by atoms with Gasteiger partial charge in [0.1, 0.15) is 5.69 Å². The number of nitrogens with one attached hydrogen (secondary N) is 1. The Hall–Kier alpha value is -2.89. The zero-order valence-corrected chi connectivity index (χ0v) is 13.3. The van der Waals surface area contributed by atoms with Gasteiger partial charge in [-0.15, -0.1) is 0 Å². The first-order valence-corrected chi connectivity index (χ1v) is 7.21. The van der Waals surface area contributed by atoms with Crippen molar-refractivity contribution in [3.63, 3.8) is 0 Å². The number of benzene rings is 2. The lowest BCUT2D eigenvalue weighted by atomic mass is 9.99. The predicted octanol–water partition coefficient (Wildman–Crippen LogP) is 3.28. The maximum Gasteiger partial charge on any atom is 0.292 e. The van der Waals surface area contributed by atoms with E-state index in [-0.39, 0.29) is 28.9 Å². The van der Waals surface area contributed by atoms with Gasteiger partial charge in [0.25, 0.3) is 11.6 Å². The van der Waals surface area contributed by atoms with Crippen molar-refractivity contribution in [2.75, 3.05) is 5.73 Å². The molecule has 0 spiro atoms. The van der Waals surface area contributed by atoms with Crippen LogP contribution in [0.2, 0.25) is 0 Å². The molecule has 0 saturated heterocycles. The van der Waals surface area contributed by atoms with Gasteiger partial charge in [-0.1, -0.05) is 23.8 Å². The zero-order valence-electron chi connectivity index (χ0n) is 13.3.